The lowest BCUT2D eigenvalue weighted by atomic mass is 9.92. The Kier molecular flexibility index (Phi) is 4.98. The first-order chi connectivity index (χ1) is 8.49. The lowest BCUT2D eigenvalue weighted by Crippen LogP contribution is -2.54. The van der Waals surface area contributed by atoms with E-state index in [4.69, 9.17) is 9.47 Å². The highest BCUT2D eigenvalue weighted by atomic mass is 32.2. The molecule has 0 atom stereocenters. The number of hydrogen-bond acceptors (Lipinski definition) is 4. The van der Waals surface area contributed by atoms with Crippen molar-refractivity contribution in [2.45, 2.75) is 44.0 Å². The Morgan fingerprint density at radius 1 is 1.17 bits per heavy atom. The van der Waals surface area contributed by atoms with Crippen LogP contribution < -0.4 is 0 Å². The van der Waals surface area contributed by atoms with Crippen molar-refractivity contribution in [3.05, 3.63) is 0 Å². The van der Waals surface area contributed by atoms with Crippen LogP contribution in [0.15, 0.2) is 0 Å². The fourth-order valence-electron chi connectivity index (χ4n) is 2.64. The lowest BCUT2D eigenvalue weighted by molar-refractivity contribution is -0.152. The molecule has 2 rings (SSSR count). The van der Waals surface area contributed by atoms with Gasteiger partial charge in [-0.15, -0.1) is 0 Å². The Balaban J connectivity index is 1.76. The molecular formula is C14H27NO2S. The molecule has 18 heavy (non-hydrogen) atoms. The van der Waals surface area contributed by atoms with Crippen LogP contribution in [0.3, 0.4) is 0 Å². The molecule has 0 amide bonds. The van der Waals surface area contributed by atoms with E-state index < -0.39 is 0 Å². The molecule has 1 spiro atoms. The molecule has 3 nitrogen and oxygen atoms in total. The summed E-state index contributed by atoms with van der Waals surface area (Å²) in [5.74, 6) is 1.22. The van der Waals surface area contributed by atoms with E-state index in [2.05, 4.69) is 37.4 Å². The van der Waals surface area contributed by atoms with Gasteiger partial charge in [-0.2, -0.15) is 11.8 Å². The monoisotopic (exact) mass is 273 g/mol. The third-order valence-electron chi connectivity index (χ3n) is 3.67. The minimum Gasteiger partial charge on any atom is -0.381 e. The number of nitrogens with zero attached hydrogens (tertiary/aromatic N) is 1. The summed E-state index contributed by atoms with van der Waals surface area (Å²) in [7, 11) is 0. The summed E-state index contributed by atoms with van der Waals surface area (Å²) in [6.07, 6.45) is 2.13. The van der Waals surface area contributed by atoms with Gasteiger partial charge in [0.15, 0.2) is 0 Å². The molecule has 0 aliphatic carbocycles. The molecule has 0 unspecified atom stereocenters. The summed E-state index contributed by atoms with van der Waals surface area (Å²) in [4.78, 5) is 2.58. The van der Waals surface area contributed by atoms with E-state index in [1.54, 1.807) is 0 Å². The zero-order valence-electron chi connectivity index (χ0n) is 12.0. The predicted octanol–water partition coefficient (Wildman–Crippen LogP) is 2.40. The molecule has 0 aromatic rings. The van der Waals surface area contributed by atoms with E-state index in [0.717, 1.165) is 45.8 Å². The maximum Gasteiger partial charge on any atom is 0.0853 e. The van der Waals surface area contributed by atoms with Crippen molar-refractivity contribution in [1.82, 2.24) is 4.90 Å². The summed E-state index contributed by atoms with van der Waals surface area (Å²) < 4.78 is 11.9. The molecule has 2 fully saturated rings. The first kappa shape index (κ1) is 14.6. The van der Waals surface area contributed by atoms with E-state index in [1.165, 1.54) is 12.3 Å². The Bertz CT molecular complexity index is 254. The smallest absolute Gasteiger partial charge is 0.0853 e. The van der Waals surface area contributed by atoms with Crippen molar-refractivity contribution >= 4 is 11.8 Å². The van der Waals surface area contributed by atoms with E-state index in [1.807, 2.05) is 0 Å². The van der Waals surface area contributed by atoms with Crippen LogP contribution in [0, 0.1) is 0 Å². The Morgan fingerprint density at radius 2 is 1.89 bits per heavy atom. The van der Waals surface area contributed by atoms with Crippen LogP contribution >= 0.6 is 11.8 Å². The average molecular weight is 273 g/mol. The summed E-state index contributed by atoms with van der Waals surface area (Å²) in [6.45, 7) is 12.9. The van der Waals surface area contributed by atoms with Crippen molar-refractivity contribution in [2.24, 2.45) is 0 Å². The Morgan fingerprint density at radius 3 is 2.56 bits per heavy atom. The Labute approximate surface area is 116 Å². The highest BCUT2D eigenvalue weighted by molar-refractivity contribution is 8.00. The summed E-state index contributed by atoms with van der Waals surface area (Å²) in [5.41, 5.74) is 0.100. The van der Waals surface area contributed by atoms with Crippen molar-refractivity contribution in [3.8, 4) is 0 Å². The number of rotatable bonds is 3. The molecule has 4 heteroatoms. The highest BCUT2D eigenvalue weighted by Gasteiger charge is 2.38. The molecule has 0 saturated carbocycles. The molecule has 106 valence electrons. The van der Waals surface area contributed by atoms with E-state index in [-0.39, 0.29) is 5.60 Å². The number of ether oxygens (including phenoxy) is 2. The largest absolute Gasteiger partial charge is 0.381 e. The number of thioether (sulfide) groups is 1. The molecule has 2 aliphatic heterocycles. The van der Waals surface area contributed by atoms with Gasteiger partial charge in [-0.3, -0.25) is 4.90 Å². The van der Waals surface area contributed by atoms with Crippen LogP contribution in [0.5, 0.6) is 0 Å². The van der Waals surface area contributed by atoms with Crippen LogP contribution in [0.4, 0.5) is 0 Å². The van der Waals surface area contributed by atoms with Gasteiger partial charge in [-0.25, -0.2) is 0 Å². The fourth-order valence-corrected chi connectivity index (χ4v) is 3.60. The zero-order chi connectivity index (χ0) is 13.1. The van der Waals surface area contributed by atoms with Crippen molar-refractivity contribution in [1.29, 1.82) is 0 Å². The highest BCUT2D eigenvalue weighted by Crippen LogP contribution is 2.29. The molecule has 2 saturated heterocycles. The minimum atomic E-state index is 0.100. The van der Waals surface area contributed by atoms with Gasteiger partial charge in [0, 0.05) is 56.2 Å². The van der Waals surface area contributed by atoms with Crippen LogP contribution in [0.1, 0.15) is 33.6 Å². The SMILES string of the molecule is CC(C)(C)SCCN1CCOC2(CCOCC2)C1. The van der Waals surface area contributed by atoms with Crippen LogP contribution in [-0.2, 0) is 9.47 Å². The molecule has 0 aromatic carbocycles. The molecule has 0 radical (unpaired) electrons. The molecule has 0 bridgehead atoms. The van der Waals surface area contributed by atoms with Crippen LogP contribution in [0.25, 0.3) is 0 Å². The van der Waals surface area contributed by atoms with Gasteiger partial charge in [0.05, 0.1) is 12.2 Å². The first-order valence-corrected chi connectivity index (χ1v) is 8.06. The number of hydrogen-bond donors (Lipinski definition) is 0. The van der Waals surface area contributed by atoms with Gasteiger partial charge in [-0.05, 0) is 0 Å². The second-order valence-corrected chi connectivity index (χ2v) is 8.30. The summed E-state index contributed by atoms with van der Waals surface area (Å²) in [6, 6.07) is 0. The van der Waals surface area contributed by atoms with Crippen LogP contribution in [0.2, 0.25) is 0 Å². The second-order valence-electron chi connectivity index (χ2n) is 6.38. The quantitative estimate of drug-likeness (QED) is 0.787. The van der Waals surface area contributed by atoms with Gasteiger partial charge < -0.3 is 9.47 Å². The molecular weight excluding hydrogens is 246 g/mol. The predicted molar refractivity (Wildman–Crippen MR) is 77.4 cm³/mol. The minimum absolute atomic E-state index is 0.100. The van der Waals surface area contributed by atoms with E-state index >= 15 is 0 Å². The fraction of sp³-hybridized carbons (Fsp3) is 1.00. The normalized spacial score (nSPS) is 25.5. The first-order valence-electron chi connectivity index (χ1n) is 7.07. The average Bonchev–Trinajstić information content (AvgIpc) is 2.28. The van der Waals surface area contributed by atoms with Gasteiger partial charge in [-0.1, -0.05) is 20.8 Å². The van der Waals surface area contributed by atoms with Gasteiger partial charge in [0.1, 0.15) is 0 Å². The topological polar surface area (TPSA) is 21.7 Å². The summed E-state index contributed by atoms with van der Waals surface area (Å²) >= 11 is 2.06. The maximum atomic E-state index is 6.06. The van der Waals surface area contributed by atoms with Gasteiger partial charge in [0.25, 0.3) is 0 Å². The maximum absolute atomic E-state index is 6.06. The molecule has 2 heterocycles. The standard InChI is InChI=1S/C14H27NO2S/c1-13(2,3)18-11-7-15-6-10-17-14(12-15)4-8-16-9-5-14/h4-12H2,1-3H3. The van der Waals surface area contributed by atoms with E-state index in [9.17, 15) is 0 Å². The Hall–Kier alpha value is 0.230. The third kappa shape index (κ3) is 4.41. The lowest BCUT2D eigenvalue weighted by Gasteiger charge is -2.45. The van der Waals surface area contributed by atoms with Crippen molar-refractivity contribution in [2.75, 3.05) is 45.2 Å². The number of morpholine rings is 1. The zero-order valence-corrected chi connectivity index (χ0v) is 12.9. The van der Waals surface area contributed by atoms with Crippen molar-refractivity contribution in [3.63, 3.8) is 0 Å². The van der Waals surface area contributed by atoms with Crippen LogP contribution in [-0.4, -0.2) is 60.5 Å². The van der Waals surface area contributed by atoms with Crippen molar-refractivity contribution < 1.29 is 9.47 Å². The van der Waals surface area contributed by atoms with E-state index in [0.29, 0.717) is 4.75 Å². The summed E-state index contributed by atoms with van der Waals surface area (Å²) in [5, 5.41) is 0. The van der Waals surface area contributed by atoms with Gasteiger partial charge in [0.2, 0.25) is 0 Å². The molecule has 0 aromatic heterocycles. The molecule has 2 aliphatic rings. The van der Waals surface area contributed by atoms with Gasteiger partial charge >= 0.3 is 0 Å². The second kappa shape index (κ2) is 6.12. The molecule has 0 N–H and O–H groups in total. The third-order valence-corrected chi connectivity index (χ3v) is 4.93.